The summed E-state index contributed by atoms with van der Waals surface area (Å²) >= 11 is 0. The average Bonchev–Trinajstić information content (AvgIpc) is 3.03. The zero-order chi connectivity index (χ0) is 20.0. The van der Waals surface area contributed by atoms with Crippen molar-refractivity contribution in [2.75, 3.05) is 13.1 Å². The smallest absolute Gasteiger partial charge is 0.431 e. The number of piperidine rings is 1. The van der Waals surface area contributed by atoms with Crippen LogP contribution in [-0.2, 0) is 11.2 Å². The summed E-state index contributed by atoms with van der Waals surface area (Å²) in [7, 11) is 0. The first-order valence-corrected chi connectivity index (χ1v) is 11.4. The third kappa shape index (κ3) is 3.46. The first kappa shape index (κ1) is 19.4. The van der Waals surface area contributed by atoms with Crippen LogP contribution in [0.2, 0.25) is 0 Å². The van der Waals surface area contributed by atoms with Gasteiger partial charge in [0.25, 0.3) is 0 Å². The molecule has 1 aromatic rings. The van der Waals surface area contributed by atoms with Gasteiger partial charge in [0.2, 0.25) is 0 Å². The van der Waals surface area contributed by atoms with Crippen molar-refractivity contribution in [2.45, 2.75) is 76.4 Å². The van der Waals surface area contributed by atoms with E-state index in [0.717, 1.165) is 58.0 Å². The number of fused-ring (bicyclic) bond motifs is 5. The van der Waals surface area contributed by atoms with Gasteiger partial charge in [0.15, 0.2) is 0 Å². The van der Waals surface area contributed by atoms with Crippen LogP contribution in [0.1, 0.15) is 68.9 Å². The molecule has 3 aliphatic carbocycles. The van der Waals surface area contributed by atoms with Gasteiger partial charge in [-0.2, -0.15) is 0 Å². The van der Waals surface area contributed by atoms with Crippen LogP contribution < -0.4 is 10.1 Å². The van der Waals surface area contributed by atoms with Crippen LogP contribution in [-0.4, -0.2) is 36.6 Å². The van der Waals surface area contributed by atoms with Crippen molar-refractivity contribution in [3.8, 4) is 5.75 Å². The second-order valence-corrected chi connectivity index (χ2v) is 9.83. The highest BCUT2D eigenvalue weighted by atomic mass is 16.7. The Hall–Kier alpha value is -1.59. The Labute approximate surface area is 173 Å². The van der Waals surface area contributed by atoms with Gasteiger partial charge in [0.05, 0.1) is 6.10 Å². The molecule has 1 aliphatic heterocycles. The maximum atomic E-state index is 12.2. The van der Waals surface area contributed by atoms with E-state index in [1.807, 2.05) is 12.1 Å². The number of ether oxygens (including phenoxy) is 2. The van der Waals surface area contributed by atoms with Crippen LogP contribution in [0.5, 0.6) is 5.75 Å². The topological polar surface area (TPSA) is 67.8 Å². The van der Waals surface area contributed by atoms with Crippen LogP contribution in [0.25, 0.3) is 0 Å². The summed E-state index contributed by atoms with van der Waals surface area (Å²) in [5, 5.41) is 13.8. The molecule has 0 amide bonds. The molecule has 1 heterocycles. The maximum Gasteiger partial charge on any atom is 0.514 e. The number of hydrogen-bond donors (Lipinski definition) is 2. The van der Waals surface area contributed by atoms with Crippen LogP contribution in [0, 0.1) is 17.3 Å². The summed E-state index contributed by atoms with van der Waals surface area (Å²) in [5.41, 5.74) is 2.87. The minimum atomic E-state index is -0.584. The van der Waals surface area contributed by atoms with E-state index in [4.69, 9.17) is 9.47 Å². The van der Waals surface area contributed by atoms with Gasteiger partial charge < -0.3 is 19.9 Å². The molecule has 1 saturated heterocycles. The molecule has 158 valence electrons. The fraction of sp³-hybridized carbons (Fsp3) is 0.708. The van der Waals surface area contributed by atoms with Crippen molar-refractivity contribution in [2.24, 2.45) is 17.3 Å². The molecule has 5 unspecified atom stereocenters. The molecule has 0 bridgehead atoms. The molecule has 3 fully saturated rings. The van der Waals surface area contributed by atoms with Crippen molar-refractivity contribution >= 4 is 6.16 Å². The zero-order valence-corrected chi connectivity index (χ0v) is 17.4. The summed E-state index contributed by atoms with van der Waals surface area (Å²) in [5.74, 6) is 2.49. The third-order valence-corrected chi connectivity index (χ3v) is 8.40. The van der Waals surface area contributed by atoms with Gasteiger partial charge >= 0.3 is 6.16 Å². The van der Waals surface area contributed by atoms with Crippen LogP contribution in [0.3, 0.4) is 0 Å². The van der Waals surface area contributed by atoms with Gasteiger partial charge in [-0.3, -0.25) is 0 Å². The first-order chi connectivity index (χ1) is 14.0. The van der Waals surface area contributed by atoms with E-state index in [1.165, 1.54) is 17.5 Å². The number of nitrogens with one attached hydrogen (secondary N) is 1. The van der Waals surface area contributed by atoms with E-state index in [-0.39, 0.29) is 17.6 Å². The Bertz CT molecular complexity index is 774. The summed E-state index contributed by atoms with van der Waals surface area (Å²) in [4.78, 5) is 12.2. The van der Waals surface area contributed by atoms with E-state index in [2.05, 4.69) is 18.3 Å². The van der Waals surface area contributed by atoms with Crippen molar-refractivity contribution < 1.29 is 19.4 Å². The molecule has 5 rings (SSSR count). The molecule has 4 aliphatic rings. The number of aryl methyl sites for hydroxylation is 1. The Morgan fingerprint density at radius 3 is 2.79 bits per heavy atom. The number of benzene rings is 1. The summed E-state index contributed by atoms with van der Waals surface area (Å²) in [6.07, 6.45) is 7.53. The molecule has 0 spiro atoms. The van der Waals surface area contributed by atoms with Gasteiger partial charge in [-0.25, -0.2) is 4.79 Å². The average molecular weight is 400 g/mol. The van der Waals surface area contributed by atoms with Gasteiger partial charge in [0, 0.05) is 0 Å². The fourth-order valence-electron chi connectivity index (χ4n) is 6.76. The van der Waals surface area contributed by atoms with Crippen molar-refractivity contribution in [1.82, 2.24) is 5.32 Å². The number of hydrogen-bond acceptors (Lipinski definition) is 5. The number of aliphatic hydroxyl groups is 1. The van der Waals surface area contributed by atoms with Crippen LogP contribution >= 0.6 is 0 Å². The Balaban J connectivity index is 1.28. The third-order valence-electron chi connectivity index (χ3n) is 8.40. The molecule has 2 saturated carbocycles. The SMILES string of the molecule is CC12CCC3c4ccc(OC(=O)OC5CCNCC5)cc4CCC3C1CCC2O. The van der Waals surface area contributed by atoms with Gasteiger partial charge in [0.1, 0.15) is 11.9 Å². The van der Waals surface area contributed by atoms with Crippen molar-refractivity contribution in [1.29, 1.82) is 0 Å². The lowest BCUT2D eigenvalue weighted by Crippen LogP contribution is -2.43. The molecular weight excluding hydrogens is 366 g/mol. The number of rotatable bonds is 2. The summed E-state index contributed by atoms with van der Waals surface area (Å²) in [6, 6.07) is 6.15. The monoisotopic (exact) mass is 399 g/mol. The second kappa shape index (κ2) is 7.59. The fourth-order valence-corrected chi connectivity index (χ4v) is 6.76. The molecular formula is C24H33NO4. The maximum absolute atomic E-state index is 12.2. The van der Waals surface area contributed by atoms with Crippen molar-refractivity contribution in [3.05, 3.63) is 29.3 Å². The highest BCUT2D eigenvalue weighted by Gasteiger charge is 2.54. The molecule has 0 aromatic heterocycles. The minimum Gasteiger partial charge on any atom is -0.431 e. The molecule has 5 atom stereocenters. The summed E-state index contributed by atoms with van der Waals surface area (Å²) in [6.45, 7) is 4.08. The standard InChI is InChI=1S/C24H33NO4/c1-24-11-8-19-18-5-3-17(29-23(27)28-16-9-12-25-13-10-16)14-15(18)2-4-20(19)21(24)6-7-22(24)26/h3,5,14,16,19-22,25-26H,2,4,6-13H2,1H3. The number of carbonyl (C=O) groups is 1. The first-order valence-electron chi connectivity index (χ1n) is 11.4. The lowest BCUT2D eigenvalue weighted by Gasteiger charge is -2.50. The zero-order valence-electron chi connectivity index (χ0n) is 17.4. The normalized spacial score (nSPS) is 36.6. The second-order valence-electron chi connectivity index (χ2n) is 9.83. The van der Waals surface area contributed by atoms with Gasteiger partial charge in [-0.05, 0) is 111 Å². The van der Waals surface area contributed by atoms with E-state index in [1.54, 1.807) is 0 Å². The van der Waals surface area contributed by atoms with E-state index < -0.39 is 6.16 Å². The molecule has 5 nitrogen and oxygen atoms in total. The predicted molar refractivity (Wildman–Crippen MR) is 110 cm³/mol. The largest absolute Gasteiger partial charge is 0.514 e. The Morgan fingerprint density at radius 1 is 1.14 bits per heavy atom. The lowest BCUT2D eigenvalue weighted by molar-refractivity contribution is -0.0226. The minimum absolute atomic E-state index is 0.0413. The molecule has 29 heavy (non-hydrogen) atoms. The van der Waals surface area contributed by atoms with Gasteiger partial charge in [-0.15, -0.1) is 0 Å². The van der Waals surface area contributed by atoms with E-state index in [0.29, 0.717) is 23.5 Å². The van der Waals surface area contributed by atoms with Crippen molar-refractivity contribution in [3.63, 3.8) is 0 Å². The highest BCUT2D eigenvalue weighted by molar-refractivity contribution is 5.64. The molecule has 1 aromatic carbocycles. The number of aliphatic hydroxyl groups excluding tert-OH is 1. The number of carbonyl (C=O) groups excluding carboxylic acids is 1. The quantitative estimate of drug-likeness (QED) is 0.577. The molecule has 2 N–H and O–H groups in total. The van der Waals surface area contributed by atoms with Crippen LogP contribution in [0.15, 0.2) is 18.2 Å². The molecule has 5 heteroatoms. The molecule has 0 radical (unpaired) electrons. The predicted octanol–water partition coefficient (Wildman–Crippen LogP) is 4.17. The van der Waals surface area contributed by atoms with E-state index >= 15 is 0 Å². The van der Waals surface area contributed by atoms with Gasteiger partial charge in [-0.1, -0.05) is 13.0 Å². The van der Waals surface area contributed by atoms with E-state index in [9.17, 15) is 9.90 Å². The Kier molecular flexibility index (Phi) is 5.07. The lowest BCUT2D eigenvalue weighted by atomic mass is 9.55. The highest BCUT2D eigenvalue weighted by Crippen LogP contribution is 2.60. The summed E-state index contributed by atoms with van der Waals surface area (Å²) < 4.78 is 11.0. The Morgan fingerprint density at radius 2 is 1.97 bits per heavy atom. The van der Waals surface area contributed by atoms with Crippen LogP contribution in [0.4, 0.5) is 4.79 Å².